The van der Waals surface area contributed by atoms with Crippen LogP contribution in [-0.2, 0) is 4.79 Å². The molecule has 2 heterocycles. The molecule has 8 heteroatoms. The van der Waals surface area contributed by atoms with E-state index in [4.69, 9.17) is 11.6 Å². The van der Waals surface area contributed by atoms with Crippen LogP contribution in [0.2, 0.25) is 5.02 Å². The zero-order valence-electron chi connectivity index (χ0n) is 15.2. The van der Waals surface area contributed by atoms with Gasteiger partial charge in [0.05, 0.1) is 15.9 Å². The molecule has 1 amide bonds. The molecule has 144 valence electrons. The van der Waals surface area contributed by atoms with Crippen molar-refractivity contribution in [2.45, 2.75) is 25.9 Å². The van der Waals surface area contributed by atoms with Crippen LogP contribution in [-0.4, -0.2) is 21.8 Å². The second kappa shape index (κ2) is 7.93. The first-order valence-corrected chi connectivity index (χ1v) is 10.4. The van der Waals surface area contributed by atoms with E-state index in [9.17, 15) is 9.18 Å². The first kappa shape index (κ1) is 19.0. The molecule has 0 radical (unpaired) electrons. The van der Waals surface area contributed by atoms with E-state index in [1.807, 2.05) is 18.2 Å². The van der Waals surface area contributed by atoms with Crippen molar-refractivity contribution in [1.82, 2.24) is 10.3 Å². The highest BCUT2D eigenvalue weighted by atomic mass is 35.5. The number of unbranched alkanes of at least 4 members (excludes halogenated alkanes) is 1. The molecule has 0 saturated heterocycles. The number of carbonyl (C=O) groups is 1. The Hall–Kier alpha value is -2.38. The van der Waals surface area contributed by atoms with Crippen molar-refractivity contribution in [3.8, 4) is 0 Å². The Morgan fingerprint density at radius 2 is 2.07 bits per heavy atom. The maximum Gasteiger partial charge on any atom is 0.276 e. The van der Waals surface area contributed by atoms with Gasteiger partial charge in [-0.2, -0.15) is 0 Å². The molecule has 2 aliphatic heterocycles. The minimum Gasteiger partial charge on any atom is -0.298 e. The summed E-state index contributed by atoms with van der Waals surface area (Å²) in [6, 6.07) is 11.8. The van der Waals surface area contributed by atoms with Gasteiger partial charge in [-0.1, -0.05) is 61.0 Å². The minimum absolute atomic E-state index is 0.201. The normalized spacial score (nSPS) is 18.0. The summed E-state index contributed by atoms with van der Waals surface area (Å²) in [5, 5.41) is 10.9. The Labute approximate surface area is 171 Å². The molecule has 0 fully saturated rings. The molecule has 2 aromatic carbocycles. The van der Waals surface area contributed by atoms with Gasteiger partial charge in [-0.15, -0.1) is 5.10 Å². The molecule has 5 nitrogen and oxygen atoms in total. The predicted octanol–water partition coefficient (Wildman–Crippen LogP) is 3.16. The summed E-state index contributed by atoms with van der Waals surface area (Å²) in [4.78, 5) is 17.6. The molecule has 2 aliphatic rings. The van der Waals surface area contributed by atoms with Crippen LogP contribution in [0.15, 0.2) is 52.6 Å². The van der Waals surface area contributed by atoms with Crippen molar-refractivity contribution >= 4 is 40.1 Å². The van der Waals surface area contributed by atoms with Gasteiger partial charge in [0.25, 0.3) is 5.91 Å². The molecular formula is C20H18ClFN4OS. The average molecular weight is 417 g/mol. The van der Waals surface area contributed by atoms with Crippen molar-refractivity contribution in [3.05, 3.63) is 69.4 Å². The van der Waals surface area contributed by atoms with Gasteiger partial charge in [0.1, 0.15) is 11.5 Å². The molecule has 1 atom stereocenters. The fraction of sp³-hybridized carbons (Fsp3) is 0.250. The van der Waals surface area contributed by atoms with Crippen molar-refractivity contribution in [2.24, 2.45) is 10.1 Å². The van der Waals surface area contributed by atoms with E-state index in [0.717, 1.165) is 18.6 Å². The van der Waals surface area contributed by atoms with Gasteiger partial charge in [0.2, 0.25) is 0 Å². The van der Waals surface area contributed by atoms with Gasteiger partial charge in [-0.3, -0.25) is 15.1 Å². The number of hydrazone groups is 1. The summed E-state index contributed by atoms with van der Waals surface area (Å²) in [6.07, 6.45) is 1.20. The summed E-state index contributed by atoms with van der Waals surface area (Å²) in [7, 11) is 0. The number of amides is 1. The lowest BCUT2D eigenvalue weighted by atomic mass is 10.1. The molecule has 0 bridgehead atoms. The molecule has 0 aliphatic carbocycles. The largest absolute Gasteiger partial charge is 0.298 e. The third-order valence-corrected chi connectivity index (χ3v) is 5.79. The van der Waals surface area contributed by atoms with Crippen LogP contribution in [0.4, 0.5) is 4.39 Å². The number of amidine groups is 1. The van der Waals surface area contributed by atoms with Gasteiger partial charge in [-0.05, 0) is 24.6 Å². The lowest BCUT2D eigenvalue weighted by Crippen LogP contribution is -2.50. The van der Waals surface area contributed by atoms with E-state index in [0.29, 0.717) is 21.4 Å². The van der Waals surface area contributed by atoms with E-state index in [1.165, 1.54) is 22.8 Å². The molecule has 0 saturated carbocycles. The van der Waals surface area contributed by atoms with Gasteiger partial charge in [0.15, 0.2) is 11.3 Å². The molecule has 2 aromatic rings. The van der Waals surface area contributed by atoms with Crippen LogP contribution >= 0.6 is 23.4 Å². The molecule has 4 rings (SSSR count). The highest BCUT2D eigenvalue weighted by Crippen LogP contribution is 2.35. The monoisotopic (exact) mass is 416 g/mol. The van der Waals surface area contributed by atoms with E-state index < -0.39 is 12.0 Å². The molecule has 0 aromatic heterocycles. The van der Waals surface area contributed by atoms with Crippen LogP contribution in [0.3, 0.4) is 0 Å². The summed E-state index contributed by atoms with van der Waals surface area (Å²) < 4.78 is 14.7. The Bertz CT molecular complexity index is 1070. The van der Waals surface area contributed by atoms with Crippen LogP contribution < -0.4 is 15.9 Å². The lowest BCUT2D eigenvalue weighted by molar-refractivity contribution is -0.116. The maximum atomic E-state index is 14.7. The van der Waals surface area contributed by atoms with E-state index in [-0.39, 0.29) is 16.5 Å². The van der Waals surface area contributed by atoms with Crippen LogP contribution in [0.25, 0.3) is 5.70 Å². The van der Waals surface area contributed by atoms with E-state index in [2.05, 4.69) is 22.3 Å². The third kappa shape index (κ3) is 3.40. The number of nitrogens with one attached hydrogen (secondary N) is 1. The smallest absolute Gasteiger partial charge is 0.276 e. The SMILES string of the molecule is CCCCSC1=NN2C(=c3ccccc3=N[C@H]2c2c(F)cccc2Cl)C(=O)N1. The zero-order valence-corrected chi connectivity index (χ0v) is 16.7. The number of carbonyl (C=O) groups excluding carboxylic acids is 1. The highest BCUT2D eigenvalue weighted by Gasteiger charge is 2.36. The van der Waals surface area contributed by atoms with Gasteiger partial charge in [-0.25, -0.2) is 9.40 Å². The summed E-state index contributed by atoms with van der Waals surface area (Å²) in [5.74, 6) is 0.0626. The van der Waals surface area contributed by atoms with Crippen molar-refractivity contribution < 1.29 is 9.18 Å². The number of hydrogen-bond donors (Lipinski definition) is 1. The number of benzene rings is 2. The summed E-state index contributed by atoms with van der Waals surface area (Å²) >= 11 is 7.77. The summed E-state index contributed by atoms with van der Waals surface area (Å²) in [5.41, 5.74) is 0.544. The Morgan fingerprint density at radius 1 is 1.25 bits per heavy atom. The Morgan fingerprint density at radius 3 is 2.86 bits per heavy atom. The molecule has 0 spiro atoms. The van der Waals surface area contributed by atoms with Crippen molar-refractivity contribution in [1.29, 1.82) is 0 Å². The number of para-hydroxylation sites is 1. The Balaban J connectivity index is 1.89. The van der Waals surface area contributed by atoms with Gasteiger partial charge >= 0.3 is 0 Å². The average Bonchev–Trinajstić information content (AvgIpc) is 2.68. The van der Waals surface area contributed by atoms with E-state index >= 15 is 0 Å². The maximum absolute atomic E-state index is 14.7. The number of nitrogens with zero attached hydrogens (tertiary/aromatic N) is 3. The predicted molar refractivity (Wildman–Crippen MR) is 110 cm³/mol. The second-order valence-corrected chi connectivity index (χ2v) is 7.90. The molecule has 0 unspecified atom stereocenters. The fourth-order valence-corrected chi connectivity index (χ4v) is 4.35. The van der Waals surface area contributed by atoms with E-state index in [1.54, 1.807) is 18.2 Å². The quantitative estimate of drug-likeness (QED) is 0.779. The fourth-order valence-electron chi connectivity index (χ4n) is 3.15. The first-order valence-electron chi connectivity index (χ1n) is 9.03. The number of fused-ring (bicyclic) bond motifs is 2. The highest BCUT2D eigenvalue weighted by molar-refractivity contribution is 8.13. The van der Waals surface area contributed by atoms with Crippen LogP contribution in [0, 0.1) is 5.82 Å². The minimum atomic E-state index is -0.855. The number of rotatable bonds is 4. The standard InChI is InChI=1S/C20H18ClFN4OS/c1-2-3-11-28-20-24-19(27)17-12-7-4-5-10-15(12)23-18(26(17)25-20)16-13(21)8-6-9-14(16)22/h4-10,18H,2-3,11H2,1H3,(H,24,25,27)/t18-/m1/s1. The van der Waals surface area contributed by atoms with Crippen LogP contribution in [0.1, 0.15) is 31.5 Å². The second-order valence-electron chi connectivity index (χ2n) is 6.41. The first-order chi connectivity index (χ1) is 13.6. The third-order valence-electron chi connectivity index (χ3n) is 4.51. The topological polar surface area (TPSA) is 57.1 Å². The lowest BCUT2D eigenvalue weighted by Gasteiger charge is -2.34. The van der Waals surface area contributed by atoms with Gasteiger partial charge < -0.3 is 0 Å². The Kier molecular flexibility index (Phi) is 5.37. The van der Waals surface area contributed by atoms with Gasteiger partial charge in [0, 0.05) is 11.0 Å². The zero-order chi connectivity index (χ0) is 19.7. The summed E-state index contributed by atoms with van der Waals surface area (Å²) in [6.45, 7) is 2.10. The number of thioether (sulfide) groups is 1. The van der Waals surface area contributed by atoms with Crippen molar-refractivity contribution in [3.63, 3.8) is 0 Å². The molecule has 28 heavy (non-hydrogen) atoms. The van der Waals surface area contributed by atoms with Crippen molar-refractivity contribution in [2.75, 3.05) is 5.75 Å². The van der Waals surface area contributed by atoms with Crippen LogP contribution in [0.5, 0.6) is 0 Å². The molecular weight excluding hydrogens is 399 g/mol. The number of halogens is 2. The molecule has 1 N–H and O–H groups in total. The number of hydrogen-bond acceptors (Lipinski definition) is 5.